The minimum absolute atomic E-state index is 0. The fraction of sp³-hybridized carbons (Fsp3) is 0. The van der Waals surface area contributed by atoms with E-state index in [9.17, 15) is 18.6 Å². The summed E-state index contributed by atoms with van der Waals surface area (Å²) >= 11 is 0. The smallest absolute Gasteiger partial charge is 0.871 e. The van der Waals surface area contributed by atoms with Gasteiger partial charge in [0.1, 0.15) is 11.4 Å². The first-order chi connectivity index (χ1) is 13.3. The molecule has 140 valence electrons. The zero-order chi connectivity index (χ0) is 19.9. The molecular formula is C20H13N2NaO5S. The molecule has 0 amide bonds. The second-order valence-corrected chi connectivity index (χ2v) is 7.58. The van der Waals surface area contributed by atoms with Crippen molar-refractivity contribution in [1.29, 1.82) is 0 Å². The average molecular weight is 416 g/mol. The number of fused-ring (bicyclic) bond motifs is 2. The van der Waals surface area contributed by atoms with Crippen molar-refractivity contribution in [3.05, 3.63) is 66.7 Å². The van der Waals surface area contributed by atoms with Gasteiger partial charge in [-0.3, -0.25) is 4.55 Å². The summed E-state index contributed by atoms with van der Waals surface area (Å²) in [4.78, 5) is -0.277. The van der Waals surface area contributed by atoms with E-state index in [2.05, 4.69) is 10.2 Å². The molecule has 29 heavy (non-hydrogen) atoms. The van der Waals surface area contributed by atoms with Crippen molar-refractivity contribution >= 4 is 43.0 Å². The Morgan fingerprint density at radius 1 is 0.828 bits per heavy atom. The van der Waals surface area contributed by atoms with Gasteiger partial charge in [-0.2, -0.15) is 13.5 Å². The molecule has 0 aliphatic heterocycles. The van der Waals surface area contributed by atoms with E-state index in [1.807, 2.05) is 12.1 Å². The van der Waals surface area contributed by atoms with Gasteiger partial charge in [-0.25, -0.2) is 0 Å². The first kappa shape index (κ1) is 21.2. The third-order valence-electron chi connectivity index (χ3n) is 4.32. The minimum Gasteiger partial charge on any atom is -0.871 e. The van der Waals surface area contributed by atoms with Crippen LogP contribution in [0, 0.1) is 0 Å². The second kappa shape index (κ2) is 8.10. The van der Waals surface area contributed by atoms with Gasteiger partial charge >= 0.3 is 29.6 Å². The van der Waals surface area contributed by atoms with Crippen LogP contribution in [-0.2, 0) is 10.1 Å². The van der Waals surface area contributed by atoms with Crippen molar-refractivity contribution in [2.75, 3.05) is 0 Å². The molecule has 0 aliphatic carbocycles. The maximum Gasteiger partial charge on any atom is 1.00 e. The molecule has 7 nitrogen and oxygen atoms in total. The van der Waals surface area contributed by atoms with Crippen LogP contribution in [0.1, 0.15) is 0 Å². The van der Waals surface area contributed by atoms with Crippen LogP contribution < -0.4 is 34.7 Å². The average Bonchev–Trinajstić information content (AvgIpc) is 2.66. The van der Waals surface area contributed by atoms with Gasteiger partial charge in [0.05, 0.1) is 10.6 Å². The molecule has 4 rings (SSSR count). The summed E-state index contributed by atoms with van der Waals surface area (Å²) in [6.45, 7) is 0. The van der Waals surface area contributed by atoms with E-state index in [1.165, 1.54) is 36.4 Å². The summed E-state index contributed by atoms with van der Waals surface area (Å²) < 4.78 is 31.7. The summed E-state index contributed by atoms with van der Waals surface area (Å²) in [5.41, 5.74) is 0.291. The Balaban J connectivity index is 0.00000240. The van der Waals surface area contributed by atoms with Crippen LogP contribution in [-0.4, -0.2) is 18.1 Å². The number of aromatic hydroxyl groups is 1. The van der Waals surface area contributed by atoms with Crippen molar-refractivity contribution in [1.82, 2.24) is 0 Å². The fourth-order valence-electron chi connectivity index (χ4n) is 2.93. The maximum absolute atomic E-state index is 12.2. The molecule has 0 spiro atoms. The Bertz CT molecular complexity index is 1370. The number of azo groups is 1. The molecule has 0 unspecified atom stereocenters. The van der Waals surface area contributed by atoms with Crippen LogP contribution in [0.2, 0.25) is 0 Å². The third kappa shape index (κ3) is 4.26. The standard InChI is InChI=1S/C20H14N2O5S.Na/c23-18-8-6-12-3-1-2-4-16(12)20(18)22-21-17-10-13-5-7-15(28(25,26)27)9-14(13)11-19(17)24;/h1-11,23-24H,(H,25,26,27);/q;+1/p-1. The van der Waals surface area contributed by atoms with E-state index >= 15 is 0 Å². The Hall–Kier alpha value is -2.49. The Kier molecular flexibility index (Phi) is 5.92. The number of hydrogen-bond donors (Lipinski definition) is 2. The molecule has 0 aromatic heterocycles. The van der Waals surface area contributed by atoms with Crippen molar-refractivity contribution in [2.24, 2.45) is 10.2 Å². The topological polar surface area (TPSA) is 122 Å². The number of nitrogens with zero attached hydrogens (tertiary/aromatic N) is 2. The Morgan fingerprint density at radius 3 is 2.31 bits per heavy atom. The molecule has 0 saturated heterocycles. The number of phenolic OH excluding ortho intramolecular Hbond substituents is 1. The zero-order valence-corrected chi connectivity index (χ0v) is 18.1. The summed E-state index contributed by atoms with van der Waals surface area (Å²) in [5.74, 6) is -0.531. The predicted octanol–water partition coefficient (Wildman–Crippen LogP) is 1.44. The molecule has 0 fully saturated rings. The van der Waals surface area contributed by atoms with Crippen LogP contribution >= 0.6 is 0 Å². The van der Waals surface area contributed by atoms with Crippen LogP contribution in [0.15, 0.2) is 81.9 Å². The van der Waals surface area contributed by atoms with Crippen molar-refractivity contribution in [2.45, 2.75) is 4.90 Å². The van der Waals surface area contributed by atoms with Gasteiger partial charge in [-0.05, 0) is 40.4 Å². The van der Waals surface area contributed by atoms with Crippen LogP contribution in [0.5, 0.6) is 11.5 Å². The molecule has 0 saturated carbocycles. The van der Waals surface area contributed by atoms with Gasteiger partial charge in [-0.15, -0.1) is 5.11 Å². The van der Waals surface area contributed by atoms with E-state index in [0.29, 0.717) is 16.2 Å². The van der Waals surface area contributed by atoms with Gasteiger partial charge < -0.3 is 10.2 Å². The molecular weight excluding hydrogens is 403 g/mol. The summed E-state index contributed by atoms with van der Waals surface area (Å²) in [5, 5.41) is 32.9. The fourth-order valence-corrected chi connectivity index (χ4v) is 3.45. The first-order valence-electron chi connectivity index (χ1n) is 8.18. The summed E-state index contributed by atoms with van der Waals surface area (Å²) in [6.07, 6.45) is 0. The van der Waals surface area contributed by atoms with E-state index in [-0.39, 0.29) is 57.3 Å². The van der Waals surface area contributed by atoms with Crippen LogP contribution in [0.25, 0.3) is 21.5 Å². The molecule has 0 radical (unpaired) electrons. The van der Waals surface area contributed by atoms with Gasteiger partial charge in [0.2, 0.25) is 0 Å². The van der Waals surface area contributed by atoms with Gasteiger partial charge in [0.15, 0.2) is 0 Å². The summed E-state index contributed by atoms with van der Waals surface area (Å²) in [7, 11) is -4.35. The Labute approximate surface area is 188 Å². The number of rotatable bonds is 3. The van der Waals surface area contributed by atoms with Crippen LogP contribution in [0.4, 0.5) is 11.4 Å². The largest absolute Gasteiger partial charge is 1.00 e. The number of phenols is 1. The predicted molar refractivity (Wildman–Crippen MR) is 103 cm³/mol. The number of hydrogen-bond acceptors (Lipinski definition) is 6. The van der Waals surface area contributed by atoms with Gasteiger partial charge in [0, 0.05) is 5.39 Å². The van der Waals surface area contributed by atoms with E-state index in [1.54, 1.807) is 18.2 Å². The normalized spacial score (nSPS) is 11.8. The first-order valence-corrected chi connectivity index (χ1v) is 9.62. The van der Waals surface area contributed by atoms with Crippen molar-refractivity contribution in [3.8, 4) is 11.5 Å². The molecule has 0 bridgehead atoms. The SMILES string of the molecule is O=S(=O)(O)c1ccc2cc(N=Nc3c([O-])ccc4ccccc34)c(O)cc2c1.[Na+]. The quantitative estimate of drug-likeness (QED) is 0.297. The van der Waals surface area contributed by atoms with E-state index in [0.717, 1.165) is 5.39 Å². The number of benzene rings is 4. The summed E-state index contributed by atoms with van der Waals surface area (Å²) in [6, 6.07) is 17.2. The molecule has 4 aromatic carbocycles. The molecule has 0 atom stereocenters. The second-order valence-electron chi connectivity index (χ2n) is 6.16. The molecule has 0 heterocycles. The van der Waals surface area contributed by atoms with Crippen molar-refractivity contribution < 1.29 is 52.7 Å². The zero-order valence-electron chi connectivity index (χ0n) is 15.3. The van der Waals surface area contributed by atoms with Gasteiger partial charge in [-0.1, -0.05) is 48.2 Å². The maximum atomic E-state index is 12.2. The molecule has 0 aliphatic rings. The van der Waals surface area contributed by atoms with Gasteiger partial charge in [0.25, 0.3) is 10.1 Å². The van der Waals surface area contributed by atoms with E-state index < -0.39 is 10.1 Å². The molecule has 9 heteroatoms. The van der Waals surface area contributed by atoms with Crippen molar-refractivity contribution in [3.63, 3.8) is 0 Å². The van der Waals surface area contributed by atoms with Crippen LogP contribution in [0.3, 0.4) is 0 Å². The minimum atomic E-state index is -4.35. The molecule has 2 N–H and O–H groups in total. The molecule has 4 aromatic rings. The van der Waals surface area contributed by atoms with E-state index in [4.69, 9.17) is 4.55 Å². The Morgan fingerprint density at radius 2 is 1.55 bits per heavy atom. The third-order valence-corrected chi connectivity index (χ3v) is 5.17. The monoisotopic (exact) mass is 416 g/mol.